The van der Waals surface area contributed by atoms with E-state index in [-0.39, 0.29) is 5.56 Å². The van der Waals surface area contributed by atoms with Crippen LogP contribution in [0.1, 0.15) is 10.4 Å². The monoisotopic (exact) mass is 164 g/mol. The molecule has 0 saturated carbocycles. The van der Waals surface area contributed by atoms with E-state index in [1.807, 2.05) is 0 Å². The summed E-state index contributed by atoms with van der Waals surface area (Å²) in [6.07, 6.45) is 0. The number of carboxylic acids is 1. The molecule has 2 N–H and O–H groups in total. The SMILES string of the molecule is N=[N+]=Nc1cccc(C(=O)O)c1. The first kappa shape index (κ1) is 8.10. The fraction of sp³-hybridized carbons (Fsp3) is 0. The van der Waals surface area contributed by atoms with Gasteiger partial charge in [0.1, 0.15) is 5.53 Å². The van der Waals surface area contributed by atoms with E-state index >= 15 is 0 Å². The zero-order valence-electron chi connectivity index (χ0n) is 6.06. The Balaban J connectivity index is 3.11. The number of carboxylic acid groups (broad SMARTS) is 1. The lowest BCUT2D eigenvalue weighted by Crippen LogP contribution is -1.94. The van der Waals surface area contributed by atoms with Crippen LogP contribution < -0.4 is 4.91 Å². The maximum atomic E-state index is 10.4. The standard InChI is InChI=1S/C7H5N3O2/c8-10-9-6-3-1-2-5(4-6)7(11)12/h1-4,8H/p+1. The van der Waals surface area contributed by atoms with Crippen LogP contribution in [0.5, 0.6) is 0 Å². The predicted octanol–water partition coefficient (Wildman–Crippen LogP) is 1.57. The maximum Gasteiger partial charge on any atom is 0.335 e. The third-order valence-electron chi connectivity index (χ3n) is 1.26. The van der Waals surface area contributed by atoms with Gasteiger partial charge >= 0.3 is 5.97 Å². The number of carbonyl (C=O) groups is 1. The highest BCUT2D eigenvalue weighted by atomic mass is 16.4. The molecular formula is C7H6N3O2+. The zero-order chi connectivity index (χ0) is 8.97. The van der Waals surface area contributed by atoms with Crippen molar-refractivity contribution in [3.8, 4) is 0 Å². The quantitative estimate of drug-likeness (QED) is 0.513. The highest BCUT2D eigenvalue weighted by Gasteiger charge is 2.03. The van der Waals surface area contributed by atoms with Crippen LogP contribution >= 0.6 is 0 Å². The molecule has 0 amide bonds. The van der Waals surface area contributed by atoms with Crippen molar-refractivity contribution in [2.75, 3.05) is 0 Å². The Hall–Kier alpha value is -2.00. The lowest BCUT2D eigenvalue weighted by molar-refractivity contribution is 0.0697. The second-order valence-corrected chi connectivity index (χ2v) is 2.06. The van der Waals surface area contributed by atoms with Gasteiger partial charge in [-0.25, -0.2) is 4.79 Å². The van der Waals surface area contributed by atoms with Crippen molar-refractivity contribution in [1.82, 2.24) is 4.91 Å². The molecule has 0 atom stereocenters. The van der Waals surface area contributed by atoms with E-state index in [0.717, 1.165) is 0 Å². The fourth-order valence-corrected chi connectivity index (χ4v) is 0.759. The van der Waals surface area contributed by atoms with Gasteiger partial charge in [0.05, 0.1) is 5.56 Å². The van der Waals surface area contributed by atoms with Crippen LogP contribution in [0.25, 0.3) is 0 Å². The van der Waals surface area contributed by atoms with Crippen molar-refractivity contribution < 1.29 is 9.90 Å². The molecule has 12 heavy (non-hydrogen) atoms. The van der Waals surface area contributed by atoms with Crippen LogP contribution in [0.4, 0.5) is 5.69 Å². The van der Waals surface area contributed by atoms with E-state index in [1.54, 1.807) is 12.1 Å². The lowest BCUT2D eigenvalue weighted by Gasteiger charge is -1.90. The molecule has 0 spiro atoms. The number of benzene rings is 1. The van der Waals surface area contributed by atoms with Gasteiger partial charge in [-0.2, -0.15) is 0 Å². The molecular weight excluding hydrogens is 158 g/mol. The summed E-state index contributed by atoms with van der Waals surface area (Å²) in [5.74, 6) is -1.02. The number of hydrogen-bond acceptors (Lipinski definition) is 3. The topological polar surface area (TPSA) is 87.6 Å². The Bertz CT molecular complexity index is 338. The summed E-state index contributed by atoms with van der Waals surface area (Å²) >= 11 is 0. The van der Waals surface area contributed by atoms with E-state index in [1.165, 1.54) is 12.1 Å². The predicted molar refractivity (Wildman–Crippen MR) is 40.3 cm³/mol. The van der Waals surface area contributed by atoms with E-state index in [2.05, 4.69) is 10.0 Å². The molecule has 0 aliphatic carbocycles. The Labute approximate surface area is 67.9 Å². The maximum absolute atomic E-state index is 10.4. The summed E-state index contributed by atoms with van der Waals surface area (Å²) in [4.78, 5) is 13.2. The van der Waals surface area contributed by atoms with E-state index in [9.17, 15) is 4.79 Å². The normalized spacial score (nSPS) is 8.67. The largest absolute Gasteiger partial charge is 0.478 e. The first-order chi connectivity index (χ1) is 5.74. The third kappa shape index (κ3) is 1.74. The average molecular weight is 164 g/mol. The second-order valence-electron chi connectivity index (χ2n) is 2.06. The molecule has 0 aliphatic rings. The van der Waals surface area contributed by atoms with E-state index in [4.69, 9.17) is 10.6 Å². The molecule has 0 radical (unpaired) electrons. The Morgan fingerprint density at radius 3 is 2.92 bits per heavy atom. The summed E-state index contributed by atoms with van der Waals surface area (Å²) in [6.45, 7) is 0. The number of hydrogen-bond donors (Lipinski definition) is 2. The average Bonchev–Trinajstić information content (AvgIpc) is 2.05. The van der Waals surface area contributed by atoms with Crippen LogP contribution in [-0.2, 0) is 0 Å². The molecule has 5 heteroatoms. The van der Waals surface area contributed by atoms with Crippen LogP contribution in [0, 0.1) is 5.53 Å². The van der Waals surface area contributed by atoms with Gasteiger partial charge in [0.25, 0.3) is 0 Å². The van der Waals surface area contributed by atoms with Crippen LogP contribution in [0.15, 0.2) is 29.4 Å². The smallest absolute Gasteiger partial charge is 0.335 e. The zero-order valence-corrected chi connectivity index (χ0v) is 6.06. The summed E-state index contributed by atoms with van der Waals surface area (Å²) in [7, 11) is 0. The molecule has 0 unspecified atom stereocenters. The number of nitrogens with one attached hydrogen (secondary N) is 1. The van der Waals surface area contributed by atoms with Crippen molar-refractivity contribution in [3.05, 3.63) is 29.8 Å². The Morgan fingerprint density at radius 2 is 2.33 bits per heavy atom. The van der Waals surface area contributed by atoms with Gasteiger partial charge < -0.3 is 5.11 Å². The van der Waals surface area contributed by atoms with Gasteiger partial charge in [0, 0.05) is 0 Å². The van der Waals surface area contributed by atoms with Crippen LogP contribution in [-0.4, -0.2) is 11.1 Å². The number of nitrogens with zero attached hydrogens (tertiary/aromatic N) is 2. The molecule has 1 aromatic carbocycles. The molecule has 0 fully saturated rings. The highest BCUT2D eigenvalue weighted by Crippen LogP contribution is 2.12. The van der Waals surface area contributed by atoms with Crippen molar-refractivity contribution >= 4 is 11.7 Å². The molecule has 0 bridgehead atoms. The number of rotatable bonds is 2. The van der Waals surface area contributed by atoms with Crippen molar-refractivity contribution in [2.45, 2.75) is 0 Å². The molecule has 0 heterocycles. The van der Waals surface area contributed by atoms with E-state index < -0.39 is 5.97 Å². The van der Waals surface area contributed by atoms with E-state index in [0.29, 0.717) is 5.69 Å². The van der Waals surface area contributed by atoms with Crippen molar-refractivity contribution in [3.63, 3.8) is 0 Å². The van der Waals surface area contributed by atoms with Gasteiger partial charge in [-0.1, -0.05) is 6.07 Å². The third-order valence-corrected chi connectivity index (χ3v) is 1.26. The molecule has 1 rings (SSSR count). The summed E-state index contributed by atoms with van der Waals surface area (Å²) in [6, 6.07) is 5.92. The van der Waals surface area contributed by atoms with Gasteiger partial charge in [0.15, 0.2) is 10.8 Å². The first-order valence-corrected chi connectivity index (χ1v) is 3.15. The van der Waals surface area contributed by atoms with Gasteiger partial charge in [-0.3, -0.25) is 0 Å². The second kappa shape index (κ2) is 3.41. The van der Waals surface area contributed by atoms with Gasteiger partial charge in [-0.05, 0) is 18.2 Å². The summed E-state index contributed by atoms with van der Waals surface area (Å²) < 4.78 is 0. The molecule has 5 nitrogen and oxygen atoms in total. The van der Waals surface area contributed by atoms with Crippen LogP contribution in [0.3, 0.4) is 0 Å². The molecule has 60 valence electrons. The van der Waals surface area contributed by atoms with Gasteiger partial charge in [-0.15, -0.1) is 0 Å². The summed E-state index contributed by atoms with van der Waals surface area (Å²) in [5, 5.41) is 11.9. The van der Waals surface area contributed by atoms with Gasteiger partial charge in [0.2, 0.25) is 4.91 Å². The molecule has 0 saturated heterocycles. The van der Waals surface area contributed by atoms with Crippen molar-refractivity contribution in [1.29, 1.82) is 5.53 Å². The fourth-order valence-electron chi connectivity index (χ4n) is 0.759. The minimum atomic E-state index is -1.02. The van der Waals surface area contributed by atoms with Crippen LogP contribution in [0.2, 0.25) is 0 Å². The van der Waals surface area contributed by atoms with Crippen molar-refractivity contribution in [2.24, 2.45) is 5.11 Å². The number of aromatic carboxylic acids is 1. The minimum absolute atomic E-state index is 0.139. The Kier molecular flexibility index (Phi) is 2.30. The first-order valence-electron chi connectivity index (χ1n) is 3.15. The minimum Gasteiger partial charge on any atom is -0.478 e. The molecule has 0 aromatic heterocycles. The lowest BCUT2D eigenvalue weighted by atomic mass is 10.2. The molecule has 1 aromatic rings. The molecule has 0 aliphatic heterocycles. The summed E-state index contributed by atoms with van der Waals surface area (Å²) in [5.41, 5.74) is 6.93. The Morgan fingerprint density at radius 1 is 1.58 bits per heavy atom. The highest BCUT2D eigenvalue weighted by molar-refractivity contribution is 5.88.